The Labute approximate surface area is 124 Å². The lowest BCUT2D eigenvalue weighted by Crippen LogP contribution is -2.08. The quantitative estimate of drug-likeness (QED) is 0.606. The lowest BCUT2D eigenvalue weighted by atomic mass is 10.1. The largest absolute Gasteiger partial charge is 0.296 e. The predicted molar refractivity (Wildman–Crippen MR) is 79.0 cm³/mol. The first-order valence-corrected chi connectivity index (χ1v) is 8.09. The zero-order valence-corrected chi connectivity index (χ0v) is 12.6. The molecular formula is C16H17FO3S. The first-order chi connectivity index (χ1) is 9.97. The summed E-state index contributed by atoms with van der Waals surface area (Å²) in [6.07, 6.45) is 1.19. The minimum atomic E-state index is -3.70. The van der Waals surface area contributed by atoms with Gasteiger partial charge in [0.25, 0.3) is 10.1 Å². The highest BCUT2D eigenvalue weighted by molar-refractivity contribution is 7.86. The van der Waals surface area contributed by atoms with Gasteiger partial charge in [-0.05, 0) is 49.6 Å². The van der Waals surface area contributed by atoms with Crippen LogP contribution in [0.2, 0.25) is 0 Å². The molecule has 5 heteroatoms. The zero-order chi connectivity index (χ0) is 15.3. The first-order valence-electron chi connectivity index (χ1n) is 6.68. The van der Waals surface area contributed by atoms with Crippen molar-refractivity contribution in [3.63, 3.8) is 0 Å². The smallest absolute Gasteiger partial charge is 0.266 e. The maximum Gasteiger partial charge on any atom is 0.296 e. The third-order valence-electron chi connectivity index (χ3n) is 3.07. The summed E-state index contributed by atoms with van der Waals surface area (Å²) in [4.78, 5) is 0.162. The predicted octanol–water partition coefficient (Wildman–Crippen LogP) is 3.47. The zero-order valence-electron chi connectivity index (χ0n) is 11.8. The maximum atomic E-state index is 12.7. The van der Waals surface area contributed by atoms with Crippen molar-refractivity contribution in [1.82, 2.24) is 0 Å². The number of benzene rings is 2. The van der Waals surface area contributed by atoms with E-state index in [0.717, 1.165) is 11.1 Å². The SMILES string of the molecule is Cc1ccc(S(=O)(=O)OCCCc2ccc(F)cc2)cc1. The van der Waals surface area contributed by atoms with E-state index < -0.39 is 10.1 Å². The molecule has 2 rings (SSSR count). The van der Waals surface area contributed by atoms with Crippen LogP contribution in [0.25, 0.3) is 0 Å². The van der Waals surface area contributed by atoms with E-state index in [2.05, 4.69) is 0 Å². The molecule has 0 aliphatic heterocycles. The Hall–Kier alpha value is -1.72. The van der Waals surface area contributed by atoms with Crippen LogP contribution in [0.3, 0.4) is 0 Å². The second-order valence-corrected chi connectivity index (χ2v) is 6.43. The van der Waals surface area contributed by atoms with E-state index in [0.29, 0.717) is 12.8 Å². The Morgan fingerprint density at radius 3 is 2.24 bits per heavy atom. The van der Waals surface area contributed by atoms with Gasteiger partial charge in [0.05, 0.1) is 11.5 Å². The molecule has 3 nitrogen and oxygen atoms in total. The fourth-order valence-electron chi connectivity index (χ4n) is 1.87. The number of aryl methyl sites for hydroxylation is 2. The lowest BCUT2D eigenvalue weighted by molar-refractivity contribution is 0.312. The highest BCUT2D eigenvalue weighted by Gasteiger charge is 2.14. The number of hydrogen-bond donors (Lipinski definition) is 0. The Balaban J connectivity index is 1.85. The molecule has 0 atom stereocenters. The van der Waals surface area contributed by atoms with Crippen molar-refractivity contribution in [2.45, 2.75) is 24.7 Å². The molecule has 0 bridgehead atoms. The molecule has 0 saturated heterocycles. The second kappa shape index (κ2) is 6.83. The van der Waals surface area contributed by atoms with E-state index in [4.69, 9.17) is 4.18 Å². The molecule has 0 aliphatic carbocycles. The van der Waals surface area contributed by atoms with E-state index in [9.17, 15) is 12.8 Å². The Morgan fingerprint density at radius 1 is 1.00 bits per heavy atom. The van der Waals surface area contributed by atoms with E-state index >= 15 is 0 Å². The number of rotatable bonds is 6. The summed E-state index contributed by atoms with van der Waals surface area (Å²) in [5.41, 5.74) is 1.94. The molecule has 0 amide bonds. The average Bonchev–Trinajstić information content (AvgIpc) is 2.46. The Bertz CT molecular complexity index is 676. The van der Waals surface area contributed by atoms with Gasteiger partial charge in [-0.15, -0.1) is 0 Å². The molecule has 112 valence electrons. The van der Waals surface area contributed by atoms with Gasteiger partial charge in [-0.25, -0.2) is 4.39 Å². The van der Waals surface area contributed by atoms with Crippen molar-refractivity contribution in [3.8, 4) is 0 Å². The van der Waals surface area contributed by atoms with Crippen molar-refractivity contribution in [1.29, 1.82) is 0 Å². The van der Waals surface area contributed by atoms with Gasteiger partial charge >= 0.3 is 0 Å². The molecule has 0 radical (unpaired) electrons. The van der Waals surface area contributed by atoms with Gasteiger partial charge in [-0.3, -0.25) is 4.18 Å². The molecule has 0 N–H and O–H groups in total. The molecule has 0 aliphatic rings. The monoisotopic (exact) mass is 308 g/mol. The van der Waals surface area contributed by atoms with Crippen molar-refractivity contribution in [2.24, 2.45) is 0 Å². The second-order valence-electron chi connectivity index (χ2n) is 4.82. The Kier molecular flexibility index (Phi) is 5.09. The minimum Gasteiger partial charge on any atom is -0.266 e. The van der Waals surface area contributed by atoms with E-state index in [1.807, 2.05) is 6.92 Å². The van der Waals surface area contributed by atoms with E-state index in [-0.39, 0.29) is 17.3 Å². The van der Waals surface area contributed by atoms with E-state index in [1.165, 1.54) is 24.3 Å². The molecule has 0 unspecified atom stereocenters. The summed E-state index contributed by atoms with van der Waals surface area (Å²) in [5.74, 6) is -0.281. The lowest BCUT2D eigenvalue weighted by Gasteiger charge is -2.06. The van der Waals surface area contributed by atoms with Crippen LogP contribution in [0.4, 0.5) is 4.39 Å². The fraction of sp³-hybridized carbons (Fsp3) is 0.250. The van der Waals surface area contributed by atoms with Crippen molar-refractivity contribution in [2.75, 3.05) is 6.61 Å². The van der Waals surface area contributed by atoms with Crippen LogP contribution in [0.5, 0.6) is 0 Å². The molecular weight excluding hydrogens is 291 g/mol. The van der Waals surface area contributed by atoms with Crippen LogP contribution < -0.4 is 0 Å². The first kappa shape index (κ1) is 15.7. The number of halogens is 1. The number of hydrogen-bond acceptors (Lipinski definition) is 3. The molecule has 0 saturated carbocycles. The van der Waals surface area contributed by atoms with Crippen LogP contribution in [0, 0.1) is 12.7 Å². The van der Waals surface area contributed by atoms with Gasteiger partial charge in [0.1, 0.15) is 5.82 Å². The molecule has 0 fully saturated rings. The van der Waals surface area contributed by atoms with Gasteiger partial charge < -0.3 is 0 Å². The average molecular weight is 308 g/mol. The molecule has 0 heterocycles. The Morgan fingerprint density at radius 2 is 1.62 bits per heavy atom. The van der Waals surface area contributed by atoms with Gasteiger partial charge in [0.2, 0.25) is 0 Å². The van der Waals surface area contributed by atoms with Crippen LogP contribution in [-0.4, -0.2) is 15.0 Å². The fourth-order valence-corrected chi connectivity index (χ4v) is 2.81. The highest BCUT2D eigenvalue weighted by atomic mass is 32.2. The normalized spacial score (nSPS) is 11.5. The molecule has 2 aromatic carbocycles. The summed E-state index contributed by atoms with van der Waals surface area (Å²) in [5, 5.41) is 0. The van der Waals surface area contributed by atoms with Crippen LogP contribution in [0.1, 0.15) is 17.5 Å². The summed E-state index contributed by atoms with van der Waals surface area (Å²) in [6, 6.07) is 12.7. The van der Waals surface area contributed by atoms with Crippen molar-refractivity contribution in [3.05, 3.63) is 65.5 Å². The van der Waals surface area contributed by atoms with Crippen molar-refractivity contribution >= 4 is 10.1 Å². The molecule has 0 spiro atoms. The van der Waals surface area contributed by atoms with E-state index in [1.54, 1.807) is 24.3 Å². The topological polar surface area (TPSA) is 43.4 Å². The third-order valence-corrected chi connectivity index (χ3v) is 4.40. The van der Waals surface area contributed by atoms with Gasteiger partial charge in [0.15, 0.2) is 0 Å². The molecule has 2 aromatic rings. The van der Waals surface area contributed by atoms with Gasteiger partial charge in [-0.2, -0.15) is 8.42 Å². The summed E-state index contributed by atoms with van der Waals surface area (Å²) in [6.45, 7) is 1.99. The van der Waals surface area contributed by atoms with Crippen LogP contribution in [0.15, 0.2) is 53.4 Å². The summed E-state index contributed by atoms with van der Waals surface area (Å²) >= 11 is 0. The molecule has 21 heavy (non-hydrogen) atoms. The highest BCUT2D eigenvalue weighted by Crippen LogP contribution is 2.14. The van der Waals surface area contributed by atoms with Crippen LogP contribution >= 0.6 is 0 Å². The van der Waals surface area contributed by atoms with Crippen molar-refractivity contribution < 1.29 is 17.0 Å². The van der Waals surface area contributed by atoms with Crippen LogP contribution in [-0.2, 0) is 20.7 Å². The summed E-state index contributed by atoms with van der Waals surface area (Å²) < 4.78 is 41.6. The molecule has 0 aromatic heterocycles. The minimum absolute atomic E-state index is 0.105. The summed E-state index contributed by atoms with van der Waals surface area (Å²) in [7, 11) is -3.70. The standard InChI is InChI=1S/C16H17FO3S/c1-13-4-10-16(11-5-13)21(18,19)20-12-2-3-14-6-8-15(17)9-7-14/h4-11H,2-3,12H2,1H3. The third kappa shape index (κ3) is 4.65. The van der Waals surface area contributed by atoms with Gasteiger partial charge in [0, 0.05) is 0 Å². The van der Waals surface area contributed by atoms with Gasteiger partial charge in [-0.1, -0.05) is 29.8 Å². The maximum absolute atomic E-state index is 12.7.